The van der Waals surface area contributed by atoms with Crippen molar-refractivity contribution in [2.75, 3.05) is 6.54 Å². The normalized spacial score (nSPS) is 18.2. The van der Waals surface area contributed by atoms with Crippen molar-refractivity contribution < 1.29 is 0 Å². The molecule has 1 saturated carbocycles. The molecule has 16 heavy (non-hydrogen) atoms. The van der Waals surface area contributed by atoms with E-state index in [4.69, 9.17) is 28.9 Å². The number of halogens is 3. The highest BCUT2D eigenvalue weighted by Crippen LogP contribution is 2.41. The van der Waals surface area contributed by atoms with E-state index in [0.717, 1.165) is 0 Å². The van der Waals surface area contributed by atoms with Crippen LogP contribution in [0.15, 0.2) is 18.2 Å². The topological polar surface area (TPSA) is 26.0 Å². The van der Waals surface area contributed by atoms with Crippen LogP contribution in [0.4, 0.5) is 0 Å². The van der Waals surface area contributed by atoms with E-state index in [-0.39, 0.29) is 17.8 Å². The molecule has 1 aliphatic carbocycles. The van der Waals surface area contributed by atoms with Crippen molar-refractivity contribution in [2.45, 2.75) is 31.1 Å². The molecule has 0 heterocycles. The lowest BCUT2D eigenvalue weighted by Crippen LogP contribution is -2.31. The van der Waals surface area contributed by atoms with E-state index >= 15 is 0 Å². The fourth-order valence-corrected chi connectivity index (χ4v) is 2.79. The standard InChI is InChI=1S/C12H15Cl2N.ClH/c13-10-4-3-9(7-11(10)14)12(8-15)5-1-2-6-12;/h3-4,7H,1-2,5-6,8,15H2;1H. The van der Waals surface area contributed by atoms with Crippen molar-refractivity contribution in [1.82, 2.24) is 0 Å². The zero-order valence-corrected chi connectivity index (χ0v) is 11.3. The molecule has 90 valence electrons. The number of hydrogen-bond donors (Lipinski definition) is 1. The van der Waals surface area contributed by atoms with E-state index in [1.165, 1.54) is 31.2 Å². The first-order chi connectivity index (χ1) is 7.18. The molecule has 2 rings (SSSR count). The molecule has 0 amide bonds. The van der Waals surface area contributed by atoms with Crippen molar-refractivity contribution >= 4 is 35.6 Å². The second kappa shape index (κ2) is 5.59. The van der Waals surface area contributed by atoms with Crippen LogP contribution in [0.3, 0.4) is 0 Å². The Kier molecular flexibility index (Phi) is 4.93. The maximum Gasteiger partial charge on any atom is 0.0595 e. The summed E-state index contributed by atoms with van der Waals surface area (Å²) in [7, 11) is 0. The minimum absolute atomic E-state index is 0. The summed E-state index contributed by atoms with van der Waals surface area (Å²) in [6.07, 6.45) is 4.86. The van der Waals surface area contributed by atoms with Crippen LogP contribution < -0.4 is 5.73 Å². The van der Waals surface area contributed by atoms with Gasteiger partial charge >= 0.3 is 0 Å². The lowest BCUT2D eigenvalue weighted by atomic mass is 9.79. The molecule has 0 bridgehead atoms. The van der Waals surface area contributed by atoms with E-state index in [1.807, 2.05) is 12.1 Å². The van der Waals surface area contributed by atoms with Gasteiger partial charge in [-0.15, -0.1) is 12.4 Å². The first-order valence-corrected chi connectivity index (χ1v) is 6.09. The minimum atomic E-state index is 0. The quantitative estimate of drug-likeness (QED) is 0.864. The van der Waals surface area contributed by atoms with Crippen LogP contribution >= 0.6 is 35.6 Å². The first kappa shape index (κ1) is 14.1. The van der Waals surface area contributed by atoms with Gasteiger partial charge in [-0.25, -0.2) is 0 Å². The zero-order valence-electron chi connectivity index (χ0n) is 9.01. The number of benzene rings is 1. The van der Waals surface area contributed by atoms with Crippen molar-refractivity contribution in [2.24, 2.45) is 5.73 Å². The van der Waals surface area contributed by atoms with Crippen molar-refractivity contribution in [3.8, 4) is 0 Å². The highest BCUT2D eigenvalue weighted by atomic mass is 35.5. The Bertz CT molecular complexity index is 359. The van der Waals surface area contributed by atoms with Crippen LogP contribution in [-0.4, -0.2) is 6.54 Å². The van der Waals surface area contributed by atoms with Crippen molar-refractivity contribution in [1.29, 1.82) is 0 Å². The second-order valence-electron chi connectivity index (χ2n) is 4.32. The van der Waals surface area contributed by atoms with Gasteiger partial charge in [0.05, 0.1) is 10.0 Å². The third-order valence-corrected chi connectivity index (χ3v) is 4.22. The Labute approximate surface area is 113 Å². The lowest BCUT2D eigenvalue weighted by Gasteiger charge is -2.28. The molecule has 1 fully saturated rings. The molecule has 0 saturated heterocycles. The SMILES string of the molecule is Cl.NCC1(c2ccc(Cl)c(Cl)c2)CCCC1. The lowest BCUT2D eigenvalue weighted by molar-refractivity contribution is 0.453. The summed E-state index contributed by atoms with van der Waals surface area (Å²) < 4.78 is 0. The number of hydrogen-bond acceptors (Lipinski definition) is 1. The van der Waals surface area contributed by atoms with Gasteiger partial charge in [-0.3, -0.25) is 0 Å². The zero-order chi connectivity index (χ0) is 10.9. The monoisotopic (exact) mass is 279 g/mol. The highest BCUT2D eigenvalue weighted by molar-refractivity contribution is 6.42. The van der Waals surface area contributed by atoms with Crippen LogP contribution in [0.1, 0.15) is 31.2 Å². The molecule has 4 heteroatoms. The maximum atomic E-state index is 6.04. The average Bonchev–Trinajstić information content (AvgIpc) is 2.72. The second-order valence-corrected chi connectivity index (χ2v) is 5.13. The van der Waals surface area contributed by atoms with Gasteiger partial charge in [-0.1, -0.05) is 42.1 Å². The molecule has 1 aromatic rings. The number of nitrogens with two attached hydrogens (primary N) is 1. The van der Waals surface area contributed by atoms with Gasteiger partial charge in [0.15, 0.2) is 0 Å². The summed E-state index contributed by atoms with van der Waals surface area (Å²) in [4.78, 5) is 0. The Morgan fingerprint density at radius 2 is 1.75 bits per heavy atom. The van der Waals surface area contributed by atoms with Gasteiger partial charge in [0, 0.05) is 12.0 Å². The summed E-state index contributed by atoms with van der Waals surface area (Å²) in [5, 5.41) is 1.25. The number of rotatable bonds is 2. The summed E-state index contributed by atoms with van der Waals surface area (Å²) in [5.41, 5.74) is 7.31. The van der Waals surface area contributed by atoms with Crippen LogP contribution in [0.2, 0.25) is 10.0 Å². The van der Waals surface area contributed by atoms with E-state index < -0.39 is 0 Å². The van der Waals surface area contributed by atoms with Crippen LogP contribution in [0, 0.1) is 0 Å². The average molecular weight is 281 g/mol. The van der Waals surface area contributed by atoms with Gasteiger partial charge < -0.3 is 5.73 Å². The molecule has 1 aliphatic rings. The maximum absolute atomic E-state index is 6.04. The summed E-state index contributed by atoms with van der Waals surface area (Å²) >= 11 is 12.0. The summed E-state index contributed by atoms with van der Waals surface area (Å²) in [6.45, 7) is 0.699. The predicted molar refractivity (Wildman–Crippen MR) is 72.9 cm³/mol. The van der Waals surface area contributed by atoms with Gasteiger partial charge in [-0.2, -0.15) is 0 Å². The molecule has 0 radical (unpaired) electrons. The molecular weight excluding hydrogens is 264 g/mol. The van der Waals surface area contributed by atoms with Crippen molar-refractivity contribution in [3.63, 3.8) is 0 Å². The Morgan fingerprint density at radius 3 is 2.25 bits per heavy atom. The van der Waals surface area contributed by atoms with E-state index in [0.29, 0.717) is 16.6 Å². The van der Waals surface area contributed by atoms with E-state index in [1.54, 1.807) is 0 Å². The third-order valence-electron chi connectivity index (χ3n) is 3.48. The molecule has 0 atom stereocenters. The summed E-state index contributed by atoms with van der Waals surface area (Å²) in [5.74, 6) is 0. The molecule has 0 aromatic heterocycles. The van der Waals surface area contributed by atoms with E-state index in [9.17, 15) is 0 Å². The van der Waals surface area contributed by atoms with Gasteiger partial charge in [0.2, 0.25) is 0 Å². The molecule has 2 N–H and O–H groups in total. The highest BCUT2D eigenvalue weighted by Gasteiger charge is 2.34. The molecule has 0 unspecified atom stereocenters. The van der Waals surface area contributed by atoms with Crippen LogP contribution in [0.25, 0.3) is 0 Å². The van der Waals surface area contributed by atoms with Crippen molar-refractivity contribution in [3.05, 3.63) is 33.8 Å². The van der Waals surface area contributed by atoms with Gasteiger partial charge in [0.25, 0.3) is 0 Å². The molecular formula is C12H16Cl3N. The Morgan fingerprint density at radius 1 is 1.12 bits per heavy atom. The fourth-order valence-electron chi connectivity index (χ4n) is 2.49. The van der Waals surface area contributed by atoms with Gasteiger partial charge in [-0.05, 0) is 30.5 Å². The molecule has 1 aromatic carbocycles. The fraction of sp³-hybridized carbons (Fsp3) is 0.500. The minimum Gasteiger partial charge on any atom is -0.330 e. The molecule has 1 nitrogen and oxygen atoms in total. The smallest absolute Gasteiger partial charge is 0.0595 e. The molecule has 0 aliphatic heterocycles. The third kappa shape index (κ3) is 2.48. The van der Waals surface area contributed by atoms with Crippen LogP contribution in [-0.2, 0) is 5.41 Å². The Hall–Kier alpha value is 0.0500. The Balaban J connectivity index is 0.00000128. The van der Waals surface area contributed by atoms with Crippen LogP contribution in [0.5, 0.6) is 0 Å². The van der Waals surface area contributed by atoms with Gasteiger partial charge in [0.1, 0.15) is 0 Å². The first-order valence-electron chi connectivity index (χ1n) is 5.33. The molecule has 0 spiro atoms. The summed E-state index contributed by atoms with van der Waals surface area (Å²) in [6, 6.07) is 5.91. The largest absolute Gasteiger partial charge is 0.330 e. The van der Waals surface area contributed by atoms with E-state index in [2.05, 4.69) is 6.07 Å². The predicted octanol–water partition coefficient (Wildman–Crippen LogP) is 4.19.